The number of hydrogen-bond acceptors (Lipinski definition) is 4. The molecule has 4 aromatic rings. The van der Waals surface area contributed by atoms with Crippen molar-refractivity contribution in [2.45, 2.75) is 26.3 Å². The van der Waals surface area contributed by atoms with Crippen LogP contribution < -0.4 is 10.6 Å². The molecule has 0 unspecified atom stereocenters. The van der Waals surface area contributed by atoms with Gasteiger partial charge in [-0.1, -0.05) is 72.3 Å². The number of Topliss-reactive ketones (excluding diaryl/α,β-unsaturated/α-hetero) is 1. The van der Waals surface area contributed by atoms with Crippen LogP contribution in [0.15, 0.2) is 90.6 Å². The van der Waals surface area contributed by atoms with Crippen LogP contribution in [0.5, 0.6) is 0 Å². The Morgan fingerprint density at radius 2 is 1.81 bits per heavy atom. The molecule has 1 amide bonds. The summed E-state index contributed by atoms with van der Waals surface area (Å²) in [4.78, 5) is 33.9. The van der Waals surface area contributed by atoms with Gasteiger partial charge in [0, 0.05) is 25.2 Å². The average Bonchev–Trinajstić information content (AvgIpc) is 3.32. The third kappa shape index (κ3) is 5.13. The van der Waals surface area contributed by atoms with E-state index in [-0.39, 0.29) is 11.7 Å². The highest BCUT2D eigenvalue weighted by Gasteiger charge is 2.23. The number of carbonyl (C=O) groups excluding carboxylic acids is 2. The predicted molar refractivity (Wildman–Crippen MR) is 142 cm³/mol. The molecule has 180 valence electrons. The fraction of sp³-hybridized carbons (Fsp3) is 0.167. The summed E-state index contributed by atoms with van der Waals surface area (Å²) in [6, 6.07) is 23.6. The molecule has 0 aliphatic heterocycles. The number of amides is 1. The van der Waals surface area contributed by atoms with Gasteiger partial charge in [0.15, 0.2) is 5.78 Å². The zero-order valence-corrected chi connectivity index (χ0v) is 20.2. The maximum atomic E-state index is 13.0. The van der Waals surface area contributed by atoms with Crippen molar-refractivity contribution >= 4 is 28.3 Å². The standard InChI is InChI=1S/C30H28N4O2/c1-20-8-5-11-21(18-20)16-17-31-24-13-7-15-26(35)27(24)29-33-25-14-6-12-23(28(25)34-29)30(36)32-19-22-9-3-2-4-10-22/h2-14,18,31H,15-17,19H2,1H3,(H,32,36)(H,33,34). The molecule has 6 nitrogen and oxygen atoms in total. The van der Waals surface area contributed by atoms with Crippen molar-refractivity contribution in [2.75, 3.05) is 6.54 Å². The van der Waals surface area contributed by atoms with Crippen molar-refractivity contribution in [3.8, 4) is 0 Å². The minimum atomic E-state index is -0.206. The topological polar surface area (TPSA) is 86.9 Å². The first-order chi connectivity index (χ1) is 17.6. The number of hydrogen-bond donors (Lipinski definition) is 3. The van der Waals surface area contributed by atoms with Gasteiger partial charge in [-0.3, -0.25) is 9.59 Å². The van der Waals surface area contributed by atoms with Gasteiger partial charge in [0.25, 0.3) is 5.91 Å². The zero-order chi connectivity index (χ0) is 24.9. The van der Waals surface area contributed by atoms with Crippen molar-refractivity contribution in [3.63, 3.8) is 0 Å². The summed E-state index contributed by atoms with van der Waals surface area (Å²) in [7, 11) is 0. The highest BCUT2D eigenvalue weighted by Crippen LogP contribution is 2.26. The summed E-state index contributed by atoms with van der Waals surface area (Å²) < 4.78 is 0. The van der Waals surface area contributed by atoms with Gasteiger partial charge in [-0.15, -0.1) is 0 Å². The normalized spacial score (nSPS) is 13.3. The lowest BCUT2D eigenvalue weighted by Crippen LogP contribution is -2.23. The number of imidazole rings is 1. The molecule has 1 aromatic heterocycles. The van der Waals surface area contributed by atoms with Gasteiger partial charge in [0.2, 0.25) is 0 Å². The van der Waals surface area contributed by atoms with Crippen molar-refractivity contribution < 1.29 is 9.59 Å². The molecular formula is C30H28N4O2. The van der Waals surface area contributed by atoms with E-state index >= 15 is 0 Å². The molecular weight excluding hydrogens is 448 g/mol. The lowest BCUT2D eigenvalue weighted by molar-refractivity contribution is -0.113. The Kier molecular flexibility index (Phi) is 6.76. The van der Waals surface area contributed by atoms with E-state index < -0.39 is 0 Å². The lowest BCUT2D eigenvalue weighted by Gasteiger charge is -2.15. The number of aromatic amines is 1. The van der Waals surface area contributed by atoms with E-state index in [2.05, 4.69) is 46.8 Å². The predicted octanol–water partition coefficient (Wildman–Crippen LogP) is 4.87. The van der Waals surface area contributed by atoms with Gasteiger partial charge in [-0.2, -0.15) is 0 Å². The van der Waals surface area contributed by atoms with Gasteiger partial charge in [-0.05, 0) is 42.7 Å². The number of para-hydroxylation sites is 1. The molecule has 0 saturated heterocycles. The van der Waals surface area contributed by atoms with Crippen molar-refractivity contribution in [2.24, 2.45) is 0 Å². The molecule has 5 rings (SSSR count). The first-order valence-corrected chi connectivity index (χ1v) is 12.1. The average molecular weight is 477 g/mol. The van der Waals surface area contributed by atoms with Gasteiger partial charge < -0.3 is 15.6 Å². The Labute approximate surface area is 210 Å². The minimum Gasteiger partial charge on any atom is -0.384 e. The molecule has 0 atom stereocenters. The Bertz CT molecular complexity index is 1480. The number of nitrogens with zero attached hydrogens (tertiary/aromatic N) is 1. The van der Waals surface area contributed by atoms with Crippen LogP contribution in [0.25, 0.3) is 16.6 Å². The number of aromatic nitrogens is 2. The molecule has 6 heteroatoms. The molecule has 0 fully saturated rings. The molecule has 1 aliphatic rings. The number of ketones is 1. The molecule has 0 spiro atoms. The van der Waals surface area contributed by atoms with Gasteiger partial charge in [0.1, 0.15) is 11.3 Å². The summed E-state index contributed by atoms with van der Waals surface area (Å²) in [5.41, 5.74) is 6.49. The third-order valence-corrected chi connectivity index (χ3v) is 6.24. The molecule has 1 aliphatic carbocycles. The number of benzene rings is 3. The first-order valence-electron chi connectivity index (χ1n) is 12.1. The van der Waals surface area contributed by atoms with Crippen molar-refractivity contribution in [3.05, 3.63) is 119 Å². The number of carbonyl (C=O) groups is 2. The first kappa shape index (κ1) is 23.3. The van der Waals surface area contributed by atoms with E-state index in [1.54, 1.807) is 6.07 Å². The van der Waals surface area contributed by atoms with E-state index in [0.717, 1.165) is 17.7 Å². The molecule has 36 heavy (non-hydrogen) atoms. The second-order valence-corrected chi connectivity index (χ2v) is 8.94. The fourth-order valence-electron chi connectivity index (χ4n) is 4.44. The number of aryl methyl sites for hydroxylation is 1. The minimum absolute atomic E-state index is 0.00955. The number of allylic oxidation sites excluding steroid dienone is 3. The van der Waals surface area contributed by atoms with E-state index in [4.69, 9.17) is 4.98 Å². The van der Waals surface area contributed by atoms with Crippen LogP contribution in [0, 0.1) is 6.92 Å². The lowest BCUT2D eigenvalue weighted by atomic mass is 9.99. The molecule has 3 N–H and O–H groups in total. The maximum Gasteiger partial charge on any atom is 0.253 e. The molecule has 0 saturated carbocycles. The molecule has 0 bridgehead atoms. The maximum absolute atomic E-state index is 13.0. The molecule has 3 aromatic carbocycles. The Morgan fingerprint density at radius 3 is 2.64 bits per heavy atom. The second-order valence-electron chi connectivity index (χ2n) is 8.94. The molecule has 0 radical (unpaired) electrons. The van der Waals surface area contributed by atoms with E-state index in [9.17, 15) is 9.59 Å². The van der Waals surface area contributed by atoms with E-state index in [1.165, 1.54) is 11.1 Å². The van der Waals surface area contributed by atoms with Crippen LogP contribution in [-0.2, 0) is 17.8 Å². The summed E-state index contributed by atoms with van der Waals surface area (Å²) in [6.07, 6.45) is 4.96. The smallest absolute Gasteiger partial charge is 0.253 e. The molecule has 1 heterocycles. The van der Waals surface area contributed by atoms with Crippen LogP contribution in [-0.4, -0.2) is 28.2 Å². The van der Waals surface area contributed by atoms with E-state index in [1.807, 2.05) is 54.6 Å². The Morgan fingerprint density at radius 1 is 1.00 bits per heavy atom. The van der Waals surface area contributed by atoms with Crippen molar-refractivity contribution in [1.29, 1.82) is 0 Å². The number of fused-ring (bicyclic) bond motifs is 1. The van der Waals surface area contributed by atoms with Crippen LogP contribution in [0.3, 0.4) is 0 Å². The van der Waals surface area contributed by atoms with Crippen LogP contribution >= 0.6 is 0 Å². The fourth-order valence-corrected chi connectivity index (χ4v) is 4.44. The zero-order valence-electron chi connectivity index (χ0n) is 20.2. The SMILES string of the molecule is Cc1cccc(CCNC2=C(c3nc4c(C(=O)NCc5ccccc5)cccc4[nH]3)C(=O)CC=C2)c1. The quantitative estimate of drug-likeness (QED) is 0.339. The van der Waals surface area contributed by atoms with Crippen LogP contribution in [0.1, 0.15) is 39.3 Å². The Hall–Kier alpha value is -4.45. The summed E-state index contributed by atoms with van der Waals surface area (Å²) in [6.45, 7) is 3.20. The highest BCUT2D eigenvalue weighted by molar-refractivity contribution is 6.23. The monoisotopic (exact) mass is 476 g/mol. The summed E-state index contributed by atoms with van der Waals surface area (Å²) in [5, 5.41) is 6.39. The van der Waals surface area contributed by atoms with E-state index in [0.29, 0.717) is 47.5 Å². The Balaban J connectivity index is 1.39. The van der Waals surface area contributed by atoms with Crippen LogP contribution in [0.4, 0.5) is 0 Å². The second kappa shape index (κ2) is 10.4. The largest absolute Gasteiger partial charge is 0.384 e. The number of nitrogens with one attached hydrogen (secondary N) is 3. The van der Waals surface area contributed by atoms with Gasteiger partial charge in [0.05, 0.1) is 16.7 Å². The summed E-state index contributed by atoms with van der Waals surface area (Å²) >= 11 is 0. The van der Waals surface area contributed by atoms with Gasteiger partial charge >= 0.3 is 0 Å². The number of H-pyrrole nitrogens is 1. The summed E-state index contributed by atoms with van der Waals surface area (Å²) in [5.74, 6) is 0.258. The van der Waals surface area contributed by atoms with Crippen LogP contribution in [0.2, 0.25) is 0 Å². The van der Waals surface area contributed by atoms with Crippen molar-refractivity contribution in [1.82, 2.24) is 20.6 Å². The third-order valence-electron chi connectivity index (χ3n) is 6.24. The number of rotatable bonds is 8. The van der Waals surface area contributed by atoms with Gasteiger partial charge in [-0.25, -0.2) is 4.98 Å². The highest BCUT2D eigenvalue weighted by atomic mass is 16.1.